The van der Waals surface area contributed by atoms with Gasteiger partial charge in [-0.1, -0.05) is 6.07 Å². The zero-order valence-electron chi connectivity index (χ0n) is 11.6. The molecule has 104 valence electrons. The number of hydrogen-bond acceptors (Lipinski definition) is 5. The van der Waals surface area contributed by atoms with Crippen LogP contribution in [0, 0.1) is 0 Å². The standard InChI is InChI=1S/C14H21N3O2/c1-3-15-13-11(6-4-8-16-13)10-17-9-5-7-12(17)14(18)19-2/h4,6,8,12H,3,5,7,9-10H2,1-2H3,(H,15,16). The Balaban J connectivity index is 2.10. The first-order valence-electron chi connectivity index (χ1n) is 6.76. The first kappa shape index (κ1) is 13.8. The number of nitrogens with one attached hydrogen (secondary N) is 1. The Morgan fingerprint density at radius 2 is 2.47 bits per heavy atom. The number of pyridine rings is 1. The largest absolute Gasteiger partial charge is 0.468 e. The van der Waals surface area contributed by atoms with Gasteiger partial charge in [-0.2, -0.15) is 0 Å². The molecule has 1 aliphatic rings. The first-order chi connectivity index (χ1) is 9.26. The third kappa shape index (κ3) is 3.23. The summed E-state index contributed by atoms with van der Waals surface area (Å²) >= 11 is 0. The fourth-order valence-corrected chi connectivity index (χ4v) is 2.53. The number of esters is 1. The number of hydrogen-bond donors (Lipinski definition) is 1. The van der Waals surface area contributed by atoms with Gasteiger partial charge in [0.1, 0.15) is 11.9 Å². The molecule has 5 heteroatoms. The van der Waals surface area contributed by atoms with Gasteiger partial charge in [0, 0.05) is 24.8 Å². The van der Waals surface area contributed by atoms with E-state index in [-0.39, 0.29) is 12.0 Å². The molecule has 1 aromatic heterocycles. The minimum atomic E-state index is -0.133. The van der Waals surface area contributed by atoms with Crippen molar-refractivity contribution in [3.63, 3.8) is 0 Å². The maximum Gasteiger partial charge on any atom is 0.323 e. The van der Waals surface area contributed by atoms with E-state index in [9.17, 15) is 4.79 Å². The Morgan fingerprint density at radius 3 is 3.21 bits per heavy atom. The van der Waals surface area contributed by atoms with Gasteiger partial charge in [-0.3, -0.25) is 9.69 Å². The van der Waals surface area contributed by atoms with Crippen molar-refractivity contribution in [1.29, 1.82) is 0 Å². The molecule has 19 heavy (non-hydrogen) atoms. The zero-order chi connectivity index (χ0) is 13.7. The first-order valence-corrected chi connectivity index (χ1v) is 6.76. The molecule has 0 bridgehead atoms. The predicted octanol–water partition coefficient (Wildman–Crippen LogP) is 1.65. The highest BCUT2D eigenvalue weighted by molar-refractivity contribution is 5.76. The molecule has 1 saturated heterocycles. The zero-order valence-corrected chi connectivity index (χ0v) is 11.6. The minimum absolute atomic E-state index is 0.111. The van der Waals surface area contributed by atoms with Crippen LogP contribution in [0.5, 0.6) is 0 Å². The number of aromatic nitrogens is 1. The van der Waals surface area contributed by atoms with E-state index >= 15 is 0 Å². The van der Waals surface area contributed by atoms with Crippen LogP contribution in [0.15, 0.2) is 18.3 Å². The van der Waals surface area contributed by atoms with E-state index < -0.39 is 0 Å². The van der Waals surface area contributed by atoms with Crippen molar-refractivity contribution in [2.75, 3.05) is 25.5 Å². The average Bonchev–Trinajstić information content (AvgIpc) is 2.88. The van der Waals surface area contributed by atoms with Crippen LogP contribution in [-0.2, 0) is 16.1 Å². The van der Waals surface area contributed by atoms with Crippen LogP contribution in [0.2, 0.25) is 0 Å². The summed E-state index contributed by atoms with van der Waals surface area (Å²) in [4.78, 5) is 18.2. The number of methoxy groups -OCH3 is 1. The van der Waals surface area contributed by atoms with Crippen LogP contribution in [0.4, 0.5) is 5.82 Å². The Kier molecular flexibility index (Phi) is 4.74. The Bertz CT molecular complexity index is 436. The van der Waals surface area contributed by atoms with Gasteiger partial charge in [0.2, 0.25) is 0 Å². The molecule has 0 spiro atoms. The summed E-state index contributed by atoms with van der Waals surface area (Å²) in [5.41, 5.74) is 1.13. The third-order valence-electron chi connectivity index (χ3n) is 3.45. The summed E-state index contributed by atoms with van der Waals surface area (Å²) in [6.45, 7) is 4.55. The molecular weight excluding hydrogens is 242 g/mol. The van der Waals surface area contributed by atoms with E-state index in [4.69, 9.17) is 4.74 Å². The highest BCUT2D eigenvalue weighted by Crippen LogP contribution is 2.23. The van der Waals surface area contributed by atoms with Gasteiger partial charge in [0.15, 0.2) is 0 Å². The van der Waals surface area contributed by atoms with Gasteiger partial charge < -0.3 is 10.1 Å². The van der Waals surface area contributed by atoms with Crippen molar-refractivity contribution in [3.05, 3.63) is 23.9 Å². The van der Waals surface area contributed by atoms with E-state index in [1.165, 1.54) is 7.11 Å². The number of anilines is 1. The van der Waals surface area contributed by atoms with Crippen molar-refractivity contribution in [1.82, 2.24) is 9.88 Å². The number of rotatable bonds is 5. The molecule has 1 atom stereocenters. The molecule has 0 amide bonds. The second-order valence-corrected chi connectivity index (χ2v) is 4.69. The van der Waals surface area contributed by atoms with Gasteiger partial charge in [0.25, 0.3) is 0 Å². The lowest BCUT2D eigenvalue weighted by Gasteiger charge is -2.23. The molecule has 1 unspecified atom stereocenters. The second kappa shape index (κ2) is 6.52. The summed E-state index contributed by atoms with van der Waals surface area (Å²) < 4.78 is 4.87. The summed E-state index contributed by atoms with van der Waals surface area (Å²) in [6.07, 6.45) is 3.70. The number of ether oxygens (including phenoxy) is 1. The third-order valence-corrected chi connectivity index (χ3v) is 3.45. The van der Waals surface area contributed by atoms with E-state index in [2.05, 4.69) is 21.3 Å². The molecule has 1 aliphatic heterocycles. The van der Waals surface area contributed by atoms with Gasteiger partial charge in [-0.25, -0.2) is 4.98 Å². The van der Waals surface area contributed by atoms with Gasteiger partial charge in [-0.05, 0) is 32.4 Å². The van der Waals surface area contributed by atoms with E-state index in [1.54, 1.807) is 6.20 Å². The molecule has 1 fully saturated rings. The number of likely N-dealkylation sites (tertiary alicyclic amines) is 1. The van der Waals surface area contributed by atoms with Crippen molar-refractivity contribution < 1.29 is 9.53 Å². The SMILES string of the molecule is CCNc1ncccc1CN1CCCC1C(=O)OC. The number of nitrogens with zero attached hydrogens (tertiary/aromatic N) is 2. The summed E-state index contributed by atoms with van der Waals surface area (Å²) in [5, 5.41) is 3.25. The fourth-order valence-electron chi connectivity index (χ4n) is 2.53. The number of carbonyl (C=O) groups excluding carboxylic acids is 1. The molecule has 0 radical (unpaired) electrons. The van der Waals surface area contributed by atoms with Crippen LogP contribution in [0.25, 0.3) is 0 Å². The Labute approximate surface area is 114 Å². The average molecular weight is 263 g/mol. The normalized spacial score (nSPS) is 19.4. The van der Waals surface area contributed by atoms with Crippen molar-refractivity contribution in [3.8, 4) is 0 Å². The Morgan fingerprint density at radius 1 is 1.63 bits per heavy atom. The predicted molar refractivity (Wildman–Crippen MR) is 73.8 cm³/mol. The summed E-state index contributed by atoms with van der Waals surface area (Å²) in [5.74, 6) is 0.770. The van der Waals surface area contributed by atoms with Crippen LogP contribution < -0.4 is 5.32 Å². The van der Waals surface area contributed by atoms with Crippen LogP contribution >= 0.6 is 0 Å². The smallest absolute Gasteiger partial charge is 0.323 e. The molecule has 0 aromatic carbocycles. The van der Waals surface area contributed by atoms with E-state index in [0.717, 1.165) is 43.9 Å². The molecule has 2 rings (SSSR count). The summed E-state index contributed by atoms with van der Waals surface area (Å²) in [7, 11) is 1.45. The molecule has 1 N–H and O–H groups in total. The van der Waals surface area contributed by atoms with Crippen LogP contribution in [0.3, 0.4) is 0 Å². The highest BCUT2D eigenvalue weighted by atomic mass is 16.5. The van der Waals surface area contributed by atoms with E-state index in [0.29, 0.717) is 0 Å². The maximum absolute atomic E-state index is 11.7. The van der Waals surface area contributed by atoms with Crippen LogP contribution in [0.1, 0.15) is 25.3 Å². The second-order valence-electron chi connectivity index (χ2n) is 4.69. The lowest BCUT2D eigenvalue weighted by atomic mass is 10.2. The van der Waals surface area contributed by atoms with Crippen molar-refractivity contribution >= 4 is 11.8 Å². The lowest BCUT2D eigenvalue weighted by Crippen LogP contribution is -2.36. The number of carbonyl (C=O) groups is 1. The van der Waals surface area contributed by atoms with Crippen LogP contribution in [-0.4, -0.2) is 42.1 Å². The van der Waals surface area contributed by atoms with E-state index in [1.807, 2.05) is 13.0 Å². The van der Waals surface area contributed by atoms with Gasteiger partial charge in [0.05, 0.1) is 7.11 Å². The monoisotopic (exact) mass is 263 g/mol. The topological polar surface area (TPSA) is 54.5 Å². The molecule has 5 nitrogen and oxygen atoms in total. The highest BCUT2D eigenvalue weighted by Gasteiger charge is 2.31. The van der Waals surface area contributed by atoms with Crippen molar-refractivity contribution in [2.45, 2.75) is 32.4 Å². The molecule has 1 aromatic rings. The fraction of sp³-hybridized carbons (Fsp3) is 0.571. The maximum atomic E-state index is 11.7. The van der Waals surface area contributed by atoms with Gasteiger partial charge in [-0.15, -0.1) is 0 Å². The molecule has 0 aliphatic carbocycles. The molecule has 0 saturated carbocycles. The summed E-state index contributed by atoms with van der Waals surface area (Å²) in [6, 6.07) is 3.87. The minimum Gasteiger partial charge on any atom is -0.468 e. The lowest BCUT2D eigenvalue weighted by molar-refractivity contribution is -0.146. The Hall–Kier alpha value is -1.62. The molecular formula is C14H21N3O2. The van der Waals surface area contributed by atoms with Gasteiger partial charge >= 0.3 is 5.97 Å². The quantitative estimate of drug-likeness (QED) is 0.819. The molecule has 2 heterocycles. The van der Waals surface area contributed by atoms with Crippen molar-refractivity contribution in [2.24, 2.45) is 0 Å².